The van der Waals surface area contributed by atoms with Gasteiger partial charge in [-0.15, -0.1) is 0 Å². The normalized spacial score (nSPS) is 14.2. The van der Waals surface area contributed by atoms with Crippen molar-refractivity contribution in [2.24, 2.45) is 0 Å². The van der Waals surface area contributed by atoms with E-state index in [0.717, 1.165) is 54.9 Å². The fourth-order valence-electron chi connectivity index (χ4n) is 2.89. The molecule has 1 aliphatic rings. The summed E-state index contributed by atoms with van der Waals surface area (Å²) in [5.74, 6) is 2.48. The van der Waals surface area contributed by atoms with E-state index in [1.807, 2.05) is 48.5 Å². The molecule has 0 aliphatic carbocycles. The van der Waals surface area contributed by atoms with Crippen LogP contribution in [0.2, 0.25) is 0 Å². The van der Waals surface area contributed by atoms with Crippen LogP contribution in [0.5, 0.6) is 0 Å². The number of nitrogens with zero attached hydrogens (tertiary/aromatic N) is 4. The van der Waals surface area contributed by atoms with Crippen LogP contribution in [0.1, 0.15) is 5.56 Å². The van der Waals surface area contributed by atoms with Crippen molar-refractivity contribution in [1.29, 1.82) is 0 Å². The van der Waals surface area contributed by atoms with Gasteiger partial charge in [-0.05, 0) is 17.7 Å². The van der Waals surface area contributed by atoms with E-state index in [-0.39, 0.29) is 0 Å². The Bertz CT molecular complexity index is 835. The summed E-state index contributed by atoms with van der Waals surface area (Å²) in [6.45, 7) is 3.83. The predicted molar refractivity (Wildman–Crippen MR) is 102 cm³/mol. The van der Waals surface area contributed by atoms with Crippen molar-refractivity contribution in [2.45, 2.75) is 6.54 Å². The third kappa shape index (κ3) is 3.97. The summed E-state index contributed by atoms with van der Waals surface area (Å²) in [7, 11) is 0. The van der Waals surface area contributed by atoms with Crippen molar-refractivity contribution in [3.05, 3.63) is 66.5 Å². The highest BCUT2D eigenvalue weighted by molar-refractivity contribution is 5.61. The van der Waals surface area contributed by atoms with Gasteiger partial charge in [-0.2, -0.15) is 0 Å². The summed E-state index contributed by atoms with van der Waals surface area (Å²) in [6, 6.07) is 16.1. The van der Waals surface area contributed by atoms with Crippen LogP contribution < -0.4 is 10.2 Å². The summed E-state index contributed by atoms with van der Waals surface area (Å²) < 4.78 is 5.47. The van der Waals surface area contributed by atoms with Crippen LogP contribution in [0.3, 0.4) is 0 Å². The molecule has 3 heterocycles. The van der Waals surface area contributed by atoms with E-state index in [9.17, 15) is 0 Å². The number of benzene rings is 1. The average molecular weight is 347 g/mol. The minimum atomic E-state index is 0.691. The van der Waals surface area contributed by atoms with Crippen LogP contribution in [0.25, 0.3) is 11.4 Å². The first kappa shape index (κ1) is 16.5. The summed E-state index contributed by atoms with van der Waals surface area (Å²) in [6.07, 6.45) is 3.59. The van der Waals surface area contributed by atoms with Gasteiger partial charge in [0.1, 0.15) is 11.6 Å². The van der Waals surface area contributed by atoms with E-state index < -0.39 is 0 Å². The van der Waals surface area contributed by atoms with Crippen LogP contribution in [-0.2, 0) is 11.3 Å². The molecule has 1 fully saturated rings. The molecule has 4 rings (SSSR count). The van der Waals surface area contributed by atoms with Gasteiger partial charge >= 0.3 is 0 Å². The summed E-state index contributed by atoms with van der Waals surface area (Å²) in [4.78, 5) is 15.8. The van der Waals surface area contributed by atoms with E-state index in [1.165, 1.54) is 0 Å². The molecule has 132 valence electrons. The number of morpholine rings is 1. The largest absolute Gasteiger partial charge is 0.378 e. The van der Waals surface area contributed by atoms with Gasteiger partial charge in [-0.25, -0.2) is 9.97 Å². The fraction of sp³-hybridized carbons (Fsp3) is 0.250. The molecule has 1 saturated heterocycles. The number of nitrogens with one attached hydrogen (secondary N) is 1. The summed E-state index contributed by atoms with van der Waals surface area (Å²) in [5.41, 5.74) is 2.17. The Labute approximate surface area is 152 Å². The van der Waals surface area contributed by atoms with Crippen molar-refractivity contribution in [1.82, 2.24) is 15.0 Å². The van der Waals surface area contributed by atoms with Gasteiger partial charge in [-0.1, -0.05) is 30.3 Å². The molecule has 0 atom stereocenters. The lowest BCUT2D eigenvalue weighted by molar-refractivity contribution is 0.122. The Hall–Kier alpha value is -2.99. The first-order valence-electron chi connectivity index (χ1n) is 8.78. The van der Waals surface area contributed by atoms with Crippen molar-refractivity contribution < 1.29 is 4.74 Å². The van der Waals surface area contributed by atoms with Gasteiger partial charge in [0.15, 0.2) is 5.82 Å². The SMILES string of the molecule is c1ccc(-c2nc(NCc3ccncc3)cc(N3CCOCC3)n2)cc1. The van der Waals surface area contributed by atoms with E-state index in [2.05, 4.69) is 15.2 Å². The quantitative estimate of drug-likeness (QED) is 0.765. The minimum Gasteiger partial charge on any atom is -0.378 e. The van der Waals surface area contributed by atoms with Crippen LogP contribution in [0.15, 0.2) is 60.9 Å². The molecule has 0 bridgehead atoms. The highest BCUT2D eigenvalue weighted by atomic mass is 16.5. The topological polar surface area (TPSA) is 63.2 Å². The summed E-state index contributed by atoms with van der Waals surface area (Å²) in [5, 5.41) is 3.41. The number of hydrogen-bond acceptors (Lipinski definition) is 6. The molecule has 0 radical (unpaired) electrons. The molecule has 3 aromatic rings. The Morgan fingerprint density at radius 2 is 1.73 bits per heavy atom. The van der Waals surface area contributed by atoms with Crippen molar-refractivity contribution in [3.8, 4) is 11.4 Å². The Balaban J connectivity index is 1.63. The second-order valence-corrected chi connectivity index (χ2v) is 6.11. The number of hydrogen-bond donors (Lipinski definition) is 1. The van der Waals surface area contributed by atoms with E-state index in [1.54, 1.807) is 12.4 Å². The Morgan fingerprint density at radius 1 is 0.962 bits per heavy atom. The number of aromatic nitrogens is 3. The maximum Gasteiger partial charge on any atom is 0.163 e. The van der Waals surface area contributed by atoms with Crippen LogP contribution in [0, 0.1) is 0 Å². The van der Waals surface area contributed by atoms with Gasteiger partial charge in [0, 0.05) is 43.7 Å². The molecule has 1 aromatic carbocycles. The third-order valence-corrected chi connectivity index (χ3v) is 4.30. The maximum atomic E-state index is 5.47. The number of rotatable bonds is 5. The fourth-order valence-corrected chi connectivity index (χ4v) is 2.89. The van der Waals surface area contributed by atoms with E-state index in [0.29, 0.717) is 6.54 Å². The third-order valence-electron chi connectivity index (χ3n) is 4.30. The molecule has 6 heteroatoms. The molecular weight excluding hydrogens is 326 g/mol. The molecule has 26 heavy (non-hydrogen) atoms. The Morgan fingerprint density at radius 3 is 2.50 bits per heavy atom. The zero-order valence-corrected chi connectivity index (χ0v) is 14.5. The first-order chi connectivity index (χ1) is 12.9. The van der Waals surface area contributed by atoms with Gasteiger partial charge in [-0.3, -0.25) is 4.98 Å². The molecule has 1 aliphatic heterocycles. The second kappa shape index (κ2) is 7.93. The van der Waals surface area contributed by atoms with E-state index in [4.69, 9.17) is 14.7 Å². The number of anilines is 2. The standard InChI is InChI=1S/C20H21N5O/c1-2-4-17(5-3-1)20-23-18(22-15-16-6-8-21-9-7-16)14-19(24-20)25-10-12-26-13-11-25/h1-9,14H,10-13,15H2,(H,22,23,24). The lowest BCUT2D eigenvalue weighted by Gasteiger charge is -2.28. The minimum absolute atomic E-state index is 0.691. The molecule has 1 N–H and O–H groups in total. The lowest BCUT2D eigenvalue weighted by atomic mass is 10.2. The number of ether oxygens (including phenoxy) is 1. The smallest absolute Gasteiger partial charge is 0.163 e. The van der Waals surface area contributed by atoms with Crippen LogP contribution >= 0.6 is 0 Å². The molecule has 0 spiro atoms. The summed E-state index contributed by atoms with van der Waals surface area (Å²) >= 11 is 0. The lowest BCUT2D eigenvalue weighted by Crippen LogP contribution is -2.36. The zero-order valence-electron chi connectivity index (χ0n) is 14.5. The van der Waals surface area contributed by atoms with Gasteiger partial charge in [0.05, 0.1) is 13.2 Å². The molecule has 2 aromatic heterocycles. The molecular formula is C20H21N5O. The van der Waals surface area contributed by atoms with Crippen molar-refractivity contribution in [3.63, 3.8) is 0 Å². The molecule has 0 saturated carbocycles. The number of pyridine rings is 1. The van der Waals surface area contributed by atoms with Gasteiger partial charge in [0.25, 0.3) is 0 Å². The van der Waals surface area contributed by atoms with E-state index >= 15 is 0 Å². The van der Waals surface area contributed by atoms with Crippen LogP contribution in [-0.4, -0.2) is 41.3 Å². The maximum absolute atomic E-state index is 5.47. The van der Waals surface area contributed by atoms with Crippen molar-refractivity contribution in [2.75, 3.05) is 36.5 Å². The van der Waals surface area contributed by atoms with Crippen molar-refractivity contribution >= 4 is 11.6 Å². The zero-order chi connectivity index (χ0) is 17.6. The second-order valence-electron chi connectivity index (χ2n) is 6.11. The Kier molecular flexibility index (Phi) is 5.02. The van der Waals surface area contributed by atoms with Crippen LogP contribution in [0.4, 0.5) is 11.6 Å². The highest BCUT2D eigenvalue weighted by Crippen LogP contribution is 2.23. The molecule has 6 nitrogen and oxygen atoms in total. The monoisotopic (exact) mass is 347 g/mol. The predicted octanol–water partition coefficient (Wildman–Crippen LogP) is 2.99. The molecule has 0 unspecified atom stereocenters. The highest BCUT2D eigenvalue weighted by Gasteiger charge is 2.15. The van der Waals surface area contributed by atoms with Gasteiger partial charge in [0.2, 0.25) is 0 Å². The molecule has 0 amide bonds. The first-order valence-corrected chi connectivity index (χ1v) is 8.78. The van der Waals surface area contributed by atoms with Gasteiger partial charge < -0.3 is 15.0 Å². The average Bonchev–Trinajstić information content (AvgIpc) is 2.74.